The highest BCUT2D eigenvalue weighted by atomic mass is 79.9. The average Bonchev–Trinajstić information content (AvgIpc) is 2.83. The van der Waals surface area contributed by atoms with E-state index in [1.807, 2.05) is 36.4 Å². The summed E-state index contributed by atoms with van der Waals surface area (Å²) in [4.78, 5) is 23.4. The Bertz CT molecular complexity index is 1120. The van der Waals surface area contributed by atoms with Crippen LogP contribution >= 0.6 is 27.9 Å². The Hall–Kier alpha value is -2.56. The number of aromatic nitrogens is 2. The third kappa shape index (κ3) is 6.07. The summed E-state index contributed by atoms with van der Waals surface area (Å²) >= 11 is 4.53. The molecule has 1 saturated heterocycles. The number of benzene rings is 2. The number of urea groups is 1. The predicted molar refractivity (Wildman–Crippen MR) is 134 cm³/mol. The van der Waals surface area contributed by atoms with Gasteiger partial charge in [0.2, 0.25) is 0 Å². The van der Waals surface area contributed by atoms with Gasteiger partial charge in [-0.15, -0.1) is 0 Å². The largest absolute Gasteiger partial charge is 0.493 e. The normalized spacial score (nSPS) is 14.8. The molecule has 0 spiro atoms. The van der Waals surface area contributed by atoms with Gasteiger partial charge in [-0.25, -0.2) is 14.8 Å². The van der Waals surface area contributed by atoms with Crippen LogP contribution in [-0.4, -0.2) is 54.8 Å². The predicted octanol–water partition coefficient (Wildman–Crippen LogP) is 4.95. The molecular formula is C23H26BrN5O3S. The standard InChI is InChI=1S/C23H26BrN5O3S/c1-29-9-7-15(8-10-29)13-32-21-12-19-16(11-20(21)31-2)22(26-14-25-19)33-28-23(30)27-18-6-4-3-5-17(18)24/h3-6,11-12,14-15H,7-10,13H2,1-2H3,(H2,27,28,30). The topological polar surface area (TPSA) is 88.6 Å². The van der Waals surface area contributed by atoms with Crippen LogP contribution in [0.2, 0.25) is 0 Å². The Morgan fingerprint density at radius 1 is 1.21 bits per heavy atom. The molecule has 3 aromatic rings. The lowest BCUT2D eigenvalue weighted by Gasteiger charge is -2.28. The Labute approximate surface area is 205 Å². The van der Waals surface area contributed by atoms with Gasteiger partial charge in [0.25, 0.3) is 0 Å². The lowest BCUT2D eigenvalue weighted by atomic mass is 9.98. The van der Waals surface area contributed by atoms with Crippen molar-refractivity contribution < 1.29 is 14.3 Å². The van der Waals surface area contributed by atoms with Crippen LogP contribution in [0.5, 0.6) is 11.5 Å². The second-order valence-electron chi connectivity index (χ2n) is 7.89. The highest BCUT2D eigenvalue weighted by Gasteiger charge is 2.19. The number of amides is 2. The molecule has 0 unspecified atom stereocenters. The van der Waals surface area contributed by atoms with E-state index in [1.165, 1.54) is 6.33 Å². The van der Waals surface area contributed by atoms with E-state index in [9.17, 15) is 4.79 Å². The summed E-state index contributed by atoms with van der Waals surface area (Å²) in [5.41, 5.74) is 1.40. The third-order valence-electron chi connectivity index (χ3n) is 5.56. The first-order valence-corrected chi connectivity index (χ1v) is 12.3. The molecule has 8 nitrogen and oxygen atoms in total. The molecule has 0 atom stereocenters. The number of rotatable bonds is 7. The fourth-order valence-corrected chi connectivity index (χ4v) is 4.63. The maximum atomic E-state index is 12.4. The van der Waals surface area contributed by atoms with Gasteiger partial charge in [0.15, 0.2) is 11.5 Å². The lowest BCUT2D eigenvalue weighted by Crippen LogP contribution is -2.32. The number of nitrogens with one attached hydrogen (secondary N) is 2. The van der Waals surface area contributed by atoms with Crippen molar-refractivity contribution in [3.63, 3.8) is 0 Å². The van der Waals surface area contributed by atoms with Crippen molar-refractivity contribution in [2.45, 2.75) is 17.9 Å². The monoisotopic (exact) mass is 531 g/mol. The highest BCUT2D eigenvalue weighted by Crippen LogP contribution is 2.35. The number of para-hydroxylation sites is 1. The van der Waals surface area contributed by atoms with Crippen molar-refractivity contribution in [2.75, 3.05) is 39.2 Å². The molecule has 2 aromatic carbocycles. The number of hydrogen-bond acceptors (Lipinski definition) is 7. The molecule has 2 N–H and O–H groups in total. The third-order valence-corrected chi connectivity index (χ3v) is 7.06. The number of fused-ring (bicyclic) bond motifs is 1. The van der Waals surface area contributed by atoms with Gasteiger partial charge in [0.05, 0.1) is 24.9 Å². The molecule has 33 heavy (non-hydrogen) atoms. The van der Waals surface area contributed by atoms with Crippen molar-refractivity contribution in [3.05, 3.63) is 47.2 Å². The first-order valence-electron chi connectivity index (χ1n) is 10.7. The van der Waals surface area contributed by atoms with E-state index in [-0.39, 0.29) is 6.03 Å². The van der Waals surface area contributed by atoms with Crippen LogP contribution in [0.3, 0.4) is 0 Å². The van der Waals surface area contributed by atoms with Gasteiger partial charge in [0.1, 0.15) is 11.4 Å². The summed E-state index contributed by atoms with van der Waals surface area (Å²) in [6.45, 7) is 2.84. The van der Waals surface area contributed by atoms with E-state index in [0.29, 0.717) is 34.7 Å². The van der Waals surface area contributed by atoms with Crippen molar-refractivity contribution in [1.29, 1.82) is 0 Å². The van der Waals surface area contributed by atoms with Crippen LogP contribution in [0, 0.1) is 5.92 Å². The van der Waals surface area contributed by atoms with Gasteiger partial charge < -0.3 is 19.7 Å². The zero-order chi connectivity index (χ0) is 23.2. The summed E-state index contributed by atoms with van der Waals surface area (Å²) in [6, 6.07) is 10.8. The average molecular weight is 532 g/mol. The summed E-state index contributed by atoms with van der Waals surface area (Å²) < 4.78 is 15.3. The van der Waals surface area contributed by atoms with Gasteiger partial charge >= 0.3 is 6.03 Å². The molecule has 0 radical (unpaired) electrons. The quantitative estimate of drug-likeness (QED) is 0.329. The Morgan fingerprint density at radius 2 is 2.00 bits per heavy atom. The molecule has 0 saturated carbocycles. The number of nitrogens with zero attached hydrogens (tertiary/aromatic N) is 3. The van der Waals surface area contributed by atoms with E-state index < -0.39 is 0 Å². The zero-order valence-corrected chi connectivity index (χ0v) is 20.9. The molecule has 10 heteroatoms. The number of methoxy groups -OCH3 is 1. The summed E-state index contributed by atoms with van der Waals surface area (Å²) in [5, 5.41) is 4.19. The summed E-state index contributed by atoms with van der Waals surface area (Å²) in [7, 11) is 3.77. The molecule has 2 heterocycles. The van der Waals surface area contributed by atoms with Gasteiger partial charge in [-0.1, -0.05) is 12.1 Å². The van der Waals surface area contributed by atoms with E-state index in [1.54, 1.807) is 7.11 Å². The van der Waals surface area contributed by atoms with Crippen LogP contribution in [-0.2, 0) is 0 Å². The number of carbonyl (C=O) groups excluding carboxylic acids is 1. The zero-order valence-electron chi connectivity index (χ0n) is 18.5. The Balaban J connectivity index is 1.44. The molecule has 1 aromatic heterocycles. The maximum absolute atomic E-state index is 12.4. The number of piperidine rings is 1. The SMILES string of the molecule is COc1cc2c(SNC(=O)Nc3ccccc3Br)ncnc2cc1OCC1CCN(C)CC1. The first-order chi connectivity index (χ1) is 16.0. The van der Waals surface area contributed by atoms with Crippen molar-refractivity contribution in [2.24, 2.45) is 5.92 Å². The molecule has 2 amide bonds. The minimum atomic E-state index is -0.358. The highest BCUT2D eigenvalue weighted by molar-refractivity contribution is 9.10. The molecule has 0 aliphatic carbocycles. The Kier molecular flexibility index (Phi) is 7.89. The summed E-state index contributed by atoms with van der Waals surface area (Å²) in [6.07, 6.45) is 3.73. The minimum Gasteiger partial charge on any atom is -0.493 e. The van der Waals surface area contributed by atoms with Gasteiger partial charge in [-0.3, -0.25) is 4.72 Å². The van der Waals surface area contributed by atoms with E-state index >= 15 is 0 Å². The van der Waals surface area contributed by atoms with E-state index in [4.69, 9.17) is 9.47 Å². The van der Waals surface area contributed by atoms with Crippen LogP contribution < -0.4 is 19.5 Å². The van der Waals surface area contributed by atoms with Gasteiger partial charge in [-0.2, -0.15) is 0 Å². The molecule has 174 valence electrons. The Morgan fingerprint density at radius 3 is 2.76 bits per heavy atom. The van der Waals surface area contributed by atoms with Crippen LogP contribution in [0.1, 0.15) is 12.8 Å². The van der Waals surface area contributed by atoms with E-state index in [2.05, 4.69) is 47.9 Å². The van der Waals surface area contributed by atoms with Gasteiger partial charge in [-0.05, 0) is 73.0 Å². The van der Waals surface area contributed by atoms with Crippen molar-refractivity contribution in [1.82, 2.24) is 19.6 Å². The molecule has 1 fully saturated rings. The number of hydrogen-bond donors (Lipinski definition) is 2. The van der Waals surface area contributed by atoms with E-state index in [0.717, 1.165) is 53.3 Å². The lowest BCUT2D eigenvalue weighted by molar-refractivity contribution is 0.157. The fraction of sp³-hybridized carbons (Fsp3) is 0.348. The molecule has 1 aliphatic heterocycles. The molecule has 0 bridgehead atoms. The smallest absolute Gasteiger partial charge is 0.329 e. The maximum Gasteiger partial charge on any atom is 0.329 e. The number of halogens is 1. The fourth-order valence-electron chi connectivity index (χ4n) is 3.64. The minimum absolute atomic E-state index is 0.358. The number of carbonyl (C=O) groups is 1. The van der Waals surface area contributed by atoms with Crippen LogP contribution in [0.15, 0.2) is 52.2 Å². The van der Waals surface area contributed by atoms with Crippen LogP contribution in [0.25, 0.3) is 10.9 Å². The molecule has 1 aliphatic rings. The summed E-state index contributed by atoms with van der Waals surface area (Å²) in [5.74, 6) is 1.81. The molecular weight excluding hydrogens is 506 g/mol. The number of likely N-dealkylation sites (tertiary alicyclic amines) is 1. The first kappa shape index (κ1) is 23.6. The van der Waals surface area contributed by atoms with Crippen LogP contribution in [0.4, 0.5) is 10.5 Å². The second-order valence-corrected chi connectivity index (χ2v) is 9.54. The van der Waals surface area contributed by atoms with Crippen molar-refractivity contribution >= 4 is 50.5 Å². The number of anilines is 1. The van der Waals surface area contributed by atoms with Gasteiger partial charge in [0, 0.05) is 27.9 Å². The van der Waals surface area contributed by atoms with Crippen molar-refractivity contribution in [3.8, 4) is 11.5 Å². The number of ether oxygens (including phenoxy) is 2. The molecule has 4 rings (SSSR count). The second kappa shape index (κ2) is 11.0.